The van der Waals surface area contributed by atoms with Crippen molar-refractivity contribution >= 4 is 28.9 Å². The van der Waals surface area contributed by atoms with E-state index in [2.05, 4.69) is 10.2 Å². The number of benzene rings is 2. The maximum atomic E-state index is 12.4. The van der Waals surface area contributed by atoms with Crippen LogP contribution < -0.4 is 21.7 Å². The summed E-state index contributed by atoms with van der Waals surface area (Å²) in [5, 5.41) is 2.93. The lowest BCUT2D eigenvalue weighted by Gasteiger charge is -2.22. The molecule has 0 atom stereocenters. The molecule has 0 aliphatic carbocycles. The summed E-state index contributed by atoms with van der Waals surface area (Å²) in [6.07, 6.45) is 2.48. The smallest absolute Gasteiger partial charge is 0.248 e. The van der Waals surface area contributed by atoms with Gasteiger partial charge in [-0.1, -0.05) is 12.1 Å². The number of rotatable bonds is 5. The Hall–Kier alpha value is -3.02. The summed E-state index contributed by atoms with van der Waals surface area (Å²) in [5.41, 5.74) is 14.5. The number of nitrogens with zero attached hydrogens (tertiary/aromatic N) is 1. The van der Waals surface area contributed by atoms with Gasteiger partial charge >= 0.3 is 0 Å². The first-order valence-electron chi connectivity index (χ1n) is 8.36. The van der Waals surface area contributed by atoms with Crippen molar-refractivity contribution in [2.45, 2.75) is 19.3 Å². The zero-order valence-corrected chi connectivity index (χ0v) is 14.0. The second-order valence-corrected chi connectivity index (χ2v) is 6.26. The average molecular weight is 338 g/mol. The number of amides is 2. The molecule has 3 rings (SSSR count). The van der Waals surface area contributed by atoms with Gasteiger partial charge < -0.3 is 21.7 Å². The Bertz CT molecular complexity index is 781. The summed E-state index contributed by atoms with van der Waals surface area (Å²) < 4.78 is 0. The molecule has 1 aliphatic rings. The van der Waals surface area contributed by atoms with Crippen molar-refractivity contribution in [2.75, 3.05) is 29.0 Å². The fourth-order valence-corrected chi connectivity index (χ4v) is 3.04. The molecule has 25 heavy (non-hydrogen) atoms. The molecule has 2 amide bonds. The number of carbonyl (C=O) groups is 2. The van der Waals surface area contributed by atoms with E-state index in [1.807, 2.05) is 18.2 Å². The second kappa shape index (κ2) is 7.25. The van der Waals surface area contributed by atoms with E-state index >= 15 is 0 Å². The van der Waals surface area contributed by atoms with Gasteiger partial charge in [-0.25, -0.2) is 0 Å². The molecule has 2 aromatic carbocycles. The fraction of sp³-hybridized carbons (Fsp3) is 0.263. The van der Waals surface area contributed by atoms with Crippen molar-refractivity contribution in [3.05, 3.63) is 53.6 Å². The van der Waals surface area contributed by atoms with Crippen LogP contribution in [0.1, 0.15) is 28.8 Å². The molecule has 130 valence electrons. The van der Waals surface area contributed by atoms with E-state index < -0.39 is 5.91 Å². The molecule has 1 saturated heterocycles. The highest BCUT2D eigenvalue weighted by Gasteiger charge is 2.18. The molecular formula is C19H22N4O2. The zero-order valence-electron chi connectivity index (χ0n) is 14.0. The van der Waals surface area contributed by atoms with E-state index in [1.54, 1.807) is 24.3 Å². The van der Waals surface area contributed by atoms with Crippen molar-refractivity contribution < 1.29 is 9.59 Å². The fourth-order valence-electron chi connectivity index (χ4n) is 3.04. The number of nitrogen functional groups attached to an aromatic ring is 1. The highest BCUT2D eigenvalue weighted by atomic mass is 16.2. The molecule has 0 aromatic heterocycles. The topological polar surface area (TPSA) is 101 Å². The Labute approximate surface area is 146 Å². The molecular weight excluding hydrogens is 316 g/mol. The Morgan fingerprint density at radius 1 is 1.04 bits per heavy atom. The number of nitrogens with two attached hydrogens (primary N) is 2. The third kappa shape index (κ3) is 4.09. The number of hydrogen-bond acceptors (Lipinski definition) is 4. The molecule has 1 fully saturated rings. The summed E-state index contributed by atoms with van der Waals surface area (Å²) in [5.74, 6) is -0.658. The van der Waals surface area contributed by atoms with Gasteiger partial charge in [-0.05, 0) is 48.7 Å². The first kappa shape index (κ1) is 16.8. The van der Waals surface area contributed by atoms with E-state index in [1.165, 1.54) is 0 Å². The molecule has 0 bridgehead atoms. The predicted octanol–water partition coefficient (Wildman–Crippen LogP) is 2.15. The van der Waals surface area contributed by atoms with Crippen molar-refractivity contribution in [1.82, 2.24) is 0 Å². The Morgan fingerprint density at radius 3 is 2.36 bits per heavy atom. The van der Waals surface area contributed by atoms with Gasteiger partial charge in [-0.15, -0.1) is 0 Å². The Kier molecular flexibility index (Phi) is 4.88. The van der Waals surface area contributed by atoms with Crippen LogP contribution in [0.5, 0.6) is 0 Å². The van der Waals surface area contributed by atoms with Crippen molar-refractivity contribution in [1.29, 1.82) is 0 Å². The number of hydrogen-bond donors (Lipinski definition) is 3. The van der Waals surface area contributed by atoms with Crippen LogP contribution in [0.4, 0.5) is 17.1 Å². The van der Waals surface area contributed by atoms with Gasteiger partial charge in [0, 0.05) is 24.3 Å². The Balaban J connectivity index is 1.80. The predicted molar refractivity (Wildman–Crippen MR) is 99.6 cm³/mol. The van der Waals surface area contributed by atoms with Crippen molar-refractivity contribution in [3.8, 4) is 0 Å². The molecule has 2 aromatic rings. The molecule has 6 heteroatoms. The third-order valence-corrected chi connectivity index (χ3v) is 4.35. The first-order valence-corrected chi connectivity index (χ1v) is 8.36. The van der Waals surface area contributed by atoms with Crippen LogP contribution in [-0.4, -0.2) is 24.9 Å². The van der Waals surface area contributed by atoms with Crippen molar-refractivity contribution in [2.24, 2.45) is 5.73 Å². The van der Waals surface area contributed by atoms with Gasteiger partial charge in [0.15, 0.2) is 0 Å². The largest absolute Gasteiger partial charge is 0.399 e. The quantitative estimate of drug-likeness (QED) is 0.727. The lowest BCUT2D eigenvalue weighted by molar-refractivity contribution is -0.115. The van der Waals surface area contributed by atoms with Crippen LogP contribution in [0.2, 0.25) is 0 Å². The molecule has 0 radical (unpaired) electrons. The highest BCUT2D eigenvalue weighted by molar-refractivity contribution is 5.99. The number of primary amides is 1. The standard InChI is InChI=1S/C19H22N4O2/c20-15-6-3-13(4-7-15)11-18(24)22-16-12-14(19(21)25)5-8-17(16)23-9-1-2-10-23/h3-8,12H,1-2,9-11,20H2,(H2,21,25)(H,22,24). The minimum Gasteiger partial charge on any atom is -0.399 e. The van der Waals surface area contributed by atoms with Gasteiger partial charge in [-0.2, -0.15) is 0 Å². The monoisotopic (exact) mass is 338 g/mol. The minimum atomic E-state index is -0.512. The number of nitrogens with one attached hydrogen (secondary N) is 1. The summed E-state index contributed by atoms with van der Waals surface area (Å²) in [6.45, 7) is 1.88. The summed E-state index contributed by atoms with van der Waals surface area (Å²) in [6, 6.07) is 12.4. The van der Waals surface area contributed by atoms with Crippen LogP contribution in [0.3, 0.4) is 0 Å². The molecule has 6 nitrogen and oxygen atoms in total. The van der Waals surface area contributed by atoms with Gasteiger partial charge in [0.25, 0.3) is 0 Å². The highest BCUT2D eigenvalue weighted by Crippen LogP contribution is 2.30. The molecule has 1 heterocycles. The average Bonchev–Trinajstić information content (AvgIpc) is 3.11. The van der Waals surface area contributed by atoms with Gasteiger partial charge in [0.05, 0.1) is 17.8 Å². The van der Waals surface area contributed by atoms with Crippen LogP contribution in [-0.2, 0) is 11.2 Å². The van der Waals surface area contributed by atoms with E-state index in [-0.39, 0.29) is 12.3 Å². The SMILES string of the molecule is NC(=O)c1ccc(N2CCCC2)c(NC(=O)Cc2ccc(N)cc2)c1. The lowest BCUT2D eigenvalue weighted by Crippen LogP contribution is -2.22. The van der Waals surface area contributed by atoms with Crippen molar-refractivity contribution in [3.63, 3.8) is 0 Å². The molecule has 1 aliphatic heterocycles. The van der Waals surface area contributed by atoms with Gasteiger partial charge in [0.2, 0.25) is 11.8 Å². The lowest BCUT2D eigenvalue weighted by atomic mass is 10.1. The van der Waals surface area contributed by atoms with Gasteiger partial charge in [0.1, 0.15) is 0 Å². The van der Waals surface area contributed by atoms with E-state index in [9.17, 15) is 9.59 Å². The summed E-state index contributed by atoms with van der Waals surface area (Å²) in [4.78, 5) is 26.1. The Morgan fingerprint density at radius 2 is 1.72 bits per heavy atom. The van der Waals surface area contributed by atoms with Crippen LogP contribution >= 0.6 is 0 Å². The van der Waals surface area contributed by atoms with Crippen LogP contribution in [0.25, 0.3) is 0 Å². The molecule has 5 N–H and O–H groups in total. The summed E-state index contributed by atoms with van der Waals surface area (Å²) >= 11 is 0. The molecule has 0 unspecified atom stereocenters. The third-order valence-electron chi connectivity index (χ3n) is 4.35. The number of carbonyl (C=O) groups excluding carboxylic acids is 2. The molecule has 0 saturated carbocycles. The zero-order chi connectivity index (χ0) is 17.8. The maximum Gasteiger partial charge on any atom is 0.248 e. The van der Waals surface area contributed by atoms with E-state index in [0.717, 1.165) is 37.2 Å². The summed E-state index contributed by atoms with van der Waals surface area (Å²) in [7, 11) is 0. The normalized spacial score (nSPS) is 13.7. The number of anilines is 3. The van der Waals surface area contributed by atoms with Gasteiger partial charge in [-0.3, -0.25) is 9.59 Å². The van der Waals surface area contributed by atoms with E-state index in [0.29, 0.717) is 16.9 Å². The van der Waals surface area contributed by atoms with Crippen LogP contribution in [0.15, 0.2) is 42.5 Å². The second-order valence-electron chi connectivity index (χ2n) is 6.26. The maximum absolute atomic E-state index is 12.4. The van der Waals surface area contributed by atoms with Crippen LogP contribution in [0, 0.1) is 0 Å². The minimum absolute atomic E-state index is 0.146. The molecule has 0 spiro atoms. The van der Waals surface area contributed by atoms with E-state index in [4.69, 9.17) is 11.5 Å². The first-order chi connectivity index (χ1) is 12.0.